The molecule has 0 fully saturated rings. The van der Waals surface area contributed by atoms with E-state index in [-0.39, 0.29) is 6.10 Å². The first kappa shape index (κ1) is 14.6. The third-order valence-corrected chi connectivity index (χ3v) is 3.72. The summed E-state index contributed by atoms with van der Waals surface area (Å²) in [6.07, 6.45) is 4.44. The molecule has 1 aromatic heterocycles. The van der Waals surface area contributed by atoms with E-state index in [1.807, 2.05) is 19.9 Å². The Hall–Kier alpha value is -2.30. The van der Waals surface area contributed by atoms with Gasteiger partial charge in [-0.2, -0.15) is 0 Å². The zero-order valence-electron chi connectivity index (χ0n) is 13.2. The van der Waals surface area contributed by atoms with Crippen LogP contribution in [0.4, 0.5) is 5.82 Å². The molecule has 22 heavy (non-hydrogen) atoms. The van der Waals surface area contributed by atoms with Crippen LogP contribution in [-0.2, 0) is 13.0 Å². The highest BCUT2D eigenvalue weighted by atomic mass is 16.5. The van der Waals surface area contributed by atoms with Crippen molar-refractivity contribution in [2.45, 2.75) is 32.9 Å². The molecule has 116 valence electrons. The standard InChI is InChI=1S/C17H21N3O2/c1-12(2)22-17-16(18-7-8-19-17)20-9-6-13-4-5-15(21-3)10-14(13)11-20/h4-5,7-8,10,12H,6,9,11H2,1-3H3. The van der Waals surface area contributed by atoms with Crippen LogP contribution in [0.25, 0.3) is 0 Å². The van der Waals surface area contributed by atoms with Crippen molar-refractivity contribution in [3.63, 3.8) is 0 Å². The first-order valence-corrected chi connectivity index (χ1v) is 7.56. The number of benzene rings is 1. The van der Waals surface area contributed by atoms with Crippen LogP contribution in [0.15, 0.2) is 30.6 Å². The van der Waals surface area contributed by atoms with Crippen LogP contribution in [-0.4, -0.2) is 29.7 Å². The van der Waals surface area contributed by atoms with Gasteiger partial charge in [0, 0.05) is 25.5 Å². The van der Waals surface area contributed by atoms with Crippen LogP contribution >= 0.6 is 0 Å². The van der Waals surface area contributed by atoms with Gasteiger partial charge in [0.15, 0.2) is 5.82 Å². The van der Waals surface area contributed by atoms with E-state index in [0.717, 1.165) is 31.1 Å². The first-order chi connectivity index (χ1) is 10.7. The van der Waals surface area contributed by atoms with Crippen molar-refractivity contribution in [3.05, 3.63) is 41.7 Å². The summed E-state index contributed by atoms with van der Waals surface area (Å²) in [5.41, 5.74) is 2.64. The minimum absolute atomic E-state index is 0.0765. The van der Waals surface area contributed by atoms with Crippen molar-refractivity contribution < 1.29 is 9.47 Å². The summed E-state index contributed by atoms with van der Waals surface area (Å²) in [6.45, 7) is 5.69. The van der Waals surface area contributed by atoms with Gasteiger partial charge in [-0.1, -0.05) is 6.07 Å². The summed E-state index contributed by atoms with van der Waals surface area (Å²) in [7, 11) is 1.69. The molecule has 0 aliphatic carbocycles. The largest absolute Gasteiger partial charge is 0.497 e. The fraction of sp³-hybridized carbons (Fsp3) is 0.412. The molecule has 1 aliphatic rings. The average molecular weight is 299 g/mol. The topological polar surface area (TPSA) is 47.5 Å². The summed E-state index contributed by atoms with van der Waals surface area (Å²) < 4.78 is 11.1. The Kier molecular flexibility index (Phi) is 4.13. The Morgan fingerprint density at radius 2 is 1.95 bits per heavy atom. The second-order valence-electron chi connectivity index (χ2n) is 5.66. The molecule has 2 aromatic rings. The first-order valence-electron chi connectivity index (χ1n) is 7.56. The molecule has 2 heterocycles. The molecule has 0 spiro atoms. The lowest BCUT2D eigenvalue weighted by molar-refractivity contribution is 0.232. The van der Waals surface area contributed by atoms with Gasteiger partial charge in [0.05, 0.1) is 13.2 Å². The number of rotatable bonds is 4. The van der Waals surface area contributed by atoms with Crippen molar-refractivity contribution in [2.24, 2.45) is 0 Å². The Balaban J connectivity index is 1.88. The maximum atomic E-state index is 5.79. The molecule has 0 unspecified atom stereocenters. The monoisotopic (exact) mass is 299 g/mol. The third kappa shape index (κ3) is 2.98. The van der Waals surface area contributed by atoms with Crippen LogP contribution in [0.1, 0.15) is 25.0 Å². The molecule has 0 atom stereocenters. The molecule has 0 amide bonds. The van der Waals surface area contributed by atoms with E-state index in [1.165, 1.54) is 11.1 Å². The van der Waals surface area contributed by atoms with Crippen molar-refractivity contribution in [1.29, 1.82) is 0 Å². The molecule has 0 bridgehead atoms. The minimum atomic E-state index is 0.0765. The van der Waals surface area contributed by atoms with Crippen LogP contribution < -0.4 is 14.4 Å². The smallest absolute Gasteiger partial charge is 0.257 e. The van der Waals surface area contributed by atoms with Crippen molar-refractivity contribution >= 4 is 5.82 Å². The molecule has 0 N–H and O–H groups in total. The highest BCUT2D eigenvalue weighted by molar-refractivity contribution is 5.51. The summed E-state index contributed by atoms with van der Waals surface area (Å²) in [5, 5.41) is 0. The second-order valence-corrected chi connectivity index (χ2v) is 5.66. The van der Waals surface area contributed by atoms with Crippen LogP contribution in [0.3, 0.4) is 0 Å². The number of ether oxygens (including phenoxy) is 2. The zero-order valence-corrected chi connectivity index (χ0v) is 13.2. The molecule has 3 rings (SSSR count). The zero-order chi connectivity index (χ0) is 15.5. The van der Waals surface area contributed by atoms with Gasteiger partial charge in [-0.3, -0.25) is 0 Å². The van der Waals surface area contributed by atoms with Crippen LogP contribution in [0, 0.1) is 0 Å². The molecule has 0 radical (unpaired) electrons. The van der Waals surface area contributed by atoms with E-state index in [1.54, 1.807) is 19.5 Å². The molecule has 5 heteroatoms. The summed E-state index contributed by atoms with van der Waals surface area (Å²) in [6, 6.07) is 6.26. The lowest BCUT2D eigenvalue weighted by atomic mass is 9.99. The van der Waals surface area contributed by atoms with Gasteiger partial charge in [-0.25, -0.2) is 9.97 Å². The molecule has 1 aromatic carbocycles. The van der Waals surface area contributed by atoms with Crippen LogP contribution in [0.5, 0.6) is 11.6 Å². The van der Waals surface area contributed by atoms with E-state index in [9.17, 15) is 0 Å². The number of anilines is 1. The normalized spacial score (nSPS) is 13.9. The number of aromatic nitrogens is 2. The number of fused-ring (bicyclic) bond motifs is 1. The molecular weight excluding hydrogens is 278 g/mol. The quantitative estimate of drug-likeness (QED) is 0.869. The predicted molar refractivity (Wildman–Crippen MR) is 85.5 cm³/mol. The molecule has 1 aliphatic heterocycles. The number of hydrogen-bond donors (Lipinski definition) is 0. The predicted octanol–water partition coefficient (Wildman–Crippen LogP) is 2.84. The SMILES string of the molecule is COc1ccc2c(c1)CN(c1nccnc1OC(C)C)CC2. The lowest BCUT2D eigenvalue weighted by Crippen LogP contribution is -2.31. The van der Waals surface area contributed by atoms with Gasteiger partial charge in [-0.05, 0) is 43.5 Å². The van der Waals surface area contributed by atoms with Crippen molar-refractivity contribution in [2.75, 3.05) is 18.6 Å². The van der Waals surface area contributed by atoms with Crippen LogP contribution in [0.2, 0.25) is 0 Å². The highest BCUT2D eigenvalue weighted by Gasteiger charge is 2.22. The number of methoxy groups -OCH3 is 1. The maximum absolute atomic E-state index is 5.79. The van der Waals surface area contributed by atoms with Gasteiger partial charge in [0.25, 0.3) is 5.88 Å². The van der Waals surface area contributed by atoms with Crippen molar-refractivity contribution in [3.8, 4) is 11.6 Å². The van der Waals surface area contributed by atoms with E-state index in [0.29, 0.717) is 5.88 Å². The third-order valence-electron chi connectivity index (χ3n) is 3.72. The average Bonchev–Trinajstić information content (AvgIpc) is 2.53. The summed E-state index contributed by atoms with van der Waals surface area (Å²) in [5.74, 6) is 2.30. The lowest BCUT2D eigenvalue weighted by Gasteiger charge is -2.30. The molecular formula is C17H21N3O2. The Labute approximate surface area is 130 Å². The molecule has 0 saturated carbocycles. The highest BCUT2D eigenvalue weighted by Crippen LogP contribution is 2.30. The van der Waals surface area contributed by atoms with Gasteiger partial charge in [0.1, 0.15) is 5.75 Å². The molecule has 0 saturated heterocycles. The fourth-order valence-electron chi connectivity index (χ4n) is 2.68. The molecule has 5 nitrogen and oxygen atoms in total. The summed E-state index contributed by atoms with van der Waals surface area (Å²) >= 11 is 0. The number of nitrogens with zero attached hydrogens (tertiary/aromatic N) is 3. The Bertz CT molecular complexity index is 658. The van der Waals surface area contributed by atoms with E-state index >= 15 is 0 Å². The van der Waals surface area contributed by atoms with Gasteiger partial charge < -0.3 is 14.4 Å². The maximum Gasteiger partial charge on any atom is 0.257 e. The van der Waals surface area contributed by atoms with E-state index in [4.69, 9.17) is 9.47 Å². The minimum Gasteiger partial charge on any atom is -0.497 e. The second kappa shape index (κ2) is 6.22. The van der Waals surface area contributed by atoms with Gasteiger partial charge >= 0.3 is 0 Å². The van der Waals surface area contributed by atoms with Crippen molar-refractivity contribution in [1.82, 2.24) is 9.97 Å². The van der Waals surface area contributed by atoms with E-state index < -0.39 is 0 Å². The Morgan fingerprint density at radius 3 is 2.73 bits per heavy atom. The number of hydrogen-bond acceptors (Lipinski definition) is 5. The summed E-state index contributed by atoms with van der Waals surface area (Å²) in [4.78, 5) is 11.0. The van der Waals surface area contributed by atoms with E-state index in [2.05, 4.69) is 27.0 Å². The Morgan fingerprint density at radius 1 is 1.14 bits per heavy atom. The van der Waals surface area contributed by atoms with Gasteiger partial charge in [-0.15, -0.1) is 0 Å². The fourth-order valence-corrected chi connectivity index (χ4v) is 2.68. The van der Waals surface area contributed by atoms with Gasteiger partial charge in [0.2, 0.25) is 0 Å².